The van der Waals surface area contributed by atoms with E-state index in [1.54, 1.807) is 30.1 Å². The maximum Gasteiger partial charge on any atom is 0.255 e. The van der Waals surface area contributed by atoms with Gasteiger partial charge in [-0.3, -0.25) is 14.3 Å². The highest BCUT2D eigenvalue weighted by Crippen LogP contribution is 2.19. The molecule has 0 saturated carbocycles. The molecule has 2 aromatic rings. The molecule has 0 amide bonds. The van der Waals surface area contributed by atoms with Crippen LogP contribution in [0, 0.1) is 0 Å². The molecule has 0 atom stereocenters. The van der Waals surface area contributed by atoms with Crippen LogP contribution in [0.4, 0.5) is 5.95 Å². The van der Waals surface area contributed by atoms with E-state index >= 15 is 0 Å². The molecule has 1 N–H and O–H groups in total. The smallest absolute Gasteiger partial charge is 0.255 e. The topological polar surface area (TPSA) is 63.0 Å². The first-order valence-electron chi connectivity index (χ1n) is 7.44. The molecule has 118 valence electrons. The van der Waals surface area contributed by atoms with Crippen LogP contribution in [-0.2, 0) is 7.05 Å². The molecule has 2 heterocycles. The van der Waals surface area contributed by atoms with E-state index < -0.39 is 0 Å². The molecule has 0 radical (unpaired) electrons. The number of nitrogens with zero attached hydrogens (tertiary/aromatic N) is 4. The largest absolute Gasteiger partial charge is 0.338 e. The van der Waals surface area contributed by atoms with Crippen molar-refractivity contribution in [3.63, 3.8) is 0 Å². The number of rotatable bonds is 6. The van der Waals surface area contributed by atoms with Gasteiger partial charge in [-0.15, -0.1) is 0 Å². The minimum atomic E-state index is -0.0630. The second-order valence-electron chi connectivity index (χ2n) is 5.47. The van der Waals surface area contributed by atoms with Gasteiger partial charge in [0.15, 0.2) is 0 Å². The van der Waals surface area contributed by atoms with Gasteiger partial charge < -0.3 is 10.2 Å². The molecule has 0 bridgehead atoms. The Morgan fingerprint density at radius 3 is 2.59 bits per heavy atom. The van der Waals surface area contributed by atoms with E-state index in [-0.39, 0.29) is 11.6 Å². The highest BCUT2D eigenvalue weighted by molar-refractivity contribution is 5.59. The van der Waals surface area contributed by atoms with Crippen molar-refractivity contribution in [2.75, 3.05) is 25.0 Å². The highest BCUT2D eigenvalue weighted by Gasteiger charge is 2.17. The maximum atomic E-state index is 12.3. The summed E-state index contributed by atoms with van der Waals surface area (Å²) in [6, 6.07) is 5.53. The lowest BCUT2D eigenvalue weighted by atomic mass is 10.2. The predicted molar refractivity (Wildman–Crippen MR) is 89.1 cm³/mol. The van der Waals surface area contributed by atoms with Crippen molar-refractivity contribution in [1.82, 2.24) is 19.9 Å². The Bertz CT molecular complexity index is 666. The molecule has 0 aliphatic rings. The summed E-state index contributed by atoms with van der Waals surface area (Å²) in [5.74, 6) is 0.685. The van der Waals surface area contributed by atoms with Gasteiger partial charge in [-0.1, -0.05) is 0 Å². The summed E-state index contributed by atoms with van der Waals surface area (Å²) in [6.45, 7) is 5.81. The summed E-state index contributed by atoms with van der Waals surface area (Å²) >= 11 is 0. The van der Waals surface area contributed by atoms with Gasteiger partial charge in [0, 0.05) is 50.2 Å². The number of hydrogen-bond acceptors (Lipinski definition) is 5. The summed E-state index contributed by atoms with van der Waals surface area (Å²) < 4.78 is 1.60. The molecular formula is C16H23N5O. The average molecular weight is 301 g/mol. The van der Waals surface area contributed by atoms with Crippen LogP contribution in [0.25, 0.3) is 11.3 Å². The van der Waals surface area contributed by atoms with E-state index in [1.165, 1.54) is 0 Å². The zero-order valence-electron chi connectivity index (χ0n) is 13.6. The predicted octanol–water partition coefficient (Wildman–Crippen LogP) is 1.28. The first-order valence-corrected chi connectivity index (χ1v) is 7.44. The van der Waals surface area contributed by atoms with E-state index in [0.29, 0.717) is 11.6 Å². The number of pyridine rings is 1. The summed E-state index contributed by atoms with van der Waals surface area (Å²) in [6.07, 6.45) is 3.41. The van der Waals surface area contributed by atoms with Crippen molar-refractivity contribution in [3.8, 4) is 11.3 Å². The minimum Gasteiger partial charge on any atom is -0.338 e. The molecule has 0 aliphatic heterocycles. The van der Waals surface area contributed by atoms with E-state index in [9.17, 15) is 4.79 Å². The van der Waals surface area contributed by atoms with Gasteiger partial charge in [0.05, 0.1) is 5.69 Å². The van der Waals surface area contributed by atoms with Crippen LogP contribution in [0.3, 0.4) is 0 Å². The van der Waals surface area contributed by atoms with E-state index in [4.69, 9.17) is 4.98 Å². The van der Waals surface area contributed by atoms with Crippen molar-refractivity contribution in [2.45, 2.75) is 19.9 Å². The normalized spacial score (nSPS) is 11.0. The number of likely N-dealkylation sites (N-methyl/N-ethyl adjacent to an activating group) is 1. The zero-order chi connectivity index (χ0) is 16.1. The molecule has 22 heavy (non-hydrogen) atoms. The van der Waals surface area contributed by atoms with Gasteiger partial charge in [-0.2, -0.15) is 0 Å². The van der Waals surface area contributed by atoms with Crippen LogP contribution in [0.15, 0.2) is 35.4 Å². The lowest BCUT2D eigenvalue weighted by molar-refractivity contribution is 0.614. The van der Waals surface area contributed by atoms with Crippen molar-refractivity contribution in [1.29, 1.82) is 0 Å². The van der Waals surface area contributed by atoms with Gasteiger partial charge in [0.2, 0.25) is 5.95 Å². The Morgan fingerprint density at radius 2 is 2.00 bits per heavy atom. The van der Waals surface area contributed by atoms with Gasteiger partial charge >= 0.3 is 0 Å². The van der Waals surface area contributed by atoms with Crippen LogP contribution < -0.4 is 15.8 Å². The third-order valence-corrected chi connectivity index (χ3v) is 3.57. The van der Waals surface area contributed by atoms with Crippen LogP contribution >= 0.6 is 0 Å². The number of nitrogens with one attached hydrogen (secondary N) is 1. The van der Waals surface area contributed by atoms with Gasteiger partial charge in [-0.25, -0.2) is 4.98 Å². The Balaban J connectivity index is 2.50. The quantitative estimate of drug-likeness (QED) is 0.871. The van der Waals surface area contributed by atoms with E-state index in [1.807, 2.05) is 19.2 Å². The summed E-state index contributed by atoms with van der Waals surface area (Å²) in [4.78, 5) is 23.1. The Morgan fingerprint density at radius 1 is 1.32 bits per heavy atom. The van der Waals surface area contributed by atoms with Crippen molar-refractivity contribution in [3.05, 3.63) is 40.9 Å². The Labute approximate surface area is 130 Å². The third kappa shape index (κ3) is 3.51. The van der Waals surface area contributed by atoms with Crippen LogP contribution in [0.5, 0.6) is 0 Å². The molecule has 6 heteroatoms. The third-order valence-electron chi connectivity index (χ3n) is 3.57. The van der Waals surface area contributed by atoms with Crippen LogP contribution in [0.2, 0.25) is 0 Å². The number of anilines is 1. The maximum absolute atomic E-state index is 12.3. The lowest BCUT2D eigenvalue weighted by Crippen LogP contribution is -2.40. The molecule has 6 nitrogen and oxygen atoms in total. The van der Waals surface area contributed by atoms with Gasteiger partial charge in [0.25, 0.3) is 5.56 Å². The molecule has 0 saturated heterocycles. The SMILES string of the molecule is CNCCN(c1nc(-c2ccncc2)cc(=O)n1C)C(C)C. The highest BCUT2D eigenvalue weighted by atomic mass is 16.1. The first-order chi connectivity index (χ1) is 10.5. The fraction of sp³-hybridized carbons (Fsp3) is 0.438. The summed E-state index contributed by atoms with van der Waals surface area (Å²) in [5.41, 5.74) is 1.51. The summed E-state index contributed by atoms with van der Waals surface area (Å²) in [5, 5.41) is 3.14. The first kappa shape index (κ1) is 16.2. The van der Waals surface area contributed by atoms with Gasteiger partial charge in [-0.05, 0) is 33.0 Å². The molecular weight excluding hydrogens is 278 g/mol. The molecule has 0 aliphatic carbocycles. The standard InChI is InChI=1S/C16H23N5O/c1-12(2)21(10-9-17-3)16-19-14(11-15(22)20(16)4)13-5-7-18-8-6-13/h5-8,11-12,17H,9-10H2,1-4H3. The van der Waals surface area contributed by atoms with Crippen LogP contribution in [-0.4, -0.2) is 40.7 Å². The lowest BCUT2D eigenvalue weighted by Gasteiger charge is -2.29. The fourth-order valence-corrected chi connectivity index (χ4v) is 2.28. The van der Waals surface area contributed by atoms with Crippen molar-refractivity contribution >= 4 is 5.95 Å². The second-order valence-corrected chi connectivity index (χ2v) is 5.47. The summed E-state index contributed by atoms with van der Waals surface area (Å²) in [7, 11) is 3.67. The minimum absolute atomic E-state index is 0.0630. The molecule has 0 fully saturated rings. The molecule has 0 aromatic carbocycles. The Hall–Kier alpha value is -2.21. The Kier molecular flexibility index (Phi) is 5.27. The van der Waals surface area contributed by atoms with E-state index in [0.717, 1.165) is 18.7 Å². The molecule has 2 aromatic heterocycles. The fourth-order valence-electron chi connectivity index (χ4n) is 2.28. The number of aromatic nitrogens is 3. The molecule has 2 rings (SSSR count). The van der Waals surface area contributed by atoms with Crippen LogP contribution in [0.1, 0.15) is 13.8 Å². The van der Waals surface area contributed by atoms with Crippen molar-refractivity contribution in [2.24, 2.45) is 7.05 Å². The van der Waals surface area contributed by atoms with Crippen molar-refractivity contribution < 1.29 is 0 Å². The van der Waals surface area contributed by atoms with Gasteiger partial charge in [0.1, 0.15) is 0 Å². The number of hydrogen-bond donors (Lipinski definition) is 1. The average Bonchev–Trinajstić information content (AvgIpc) is 2.52. The molecule has 0 spiro atoms. The monoisotopic (exact) mass is 301 g/mol. The second kappa shape index (κ2) is 7.17. The van der Waals surface area contributed by atoms with E-state index in [2.05, 4.69) is 29.0 Å². The molecule has 0 unspecified atom stereocenters. The zero-order valence-corrected chi connectivity index (χ0v) is 13.6.